The highest BCUT2D eigenvalue weighted by Crippen LogP contribution is 2.13. The fraction of sp³-hybridized carbons (Fsp3) is 0.412. The molecule has 0 saturated carbocycles. The van der Waals surface area contributed by atoms with Crippen molar-refractivity contribution in [1.82, 2.24) is 4.90 Å². The van der Waals surface area contributed by atoms with E-state index in [0.29, 0.717) is 12.3 Å². The molecule has 0 aliphatic rings. The average molecular weight is 321 g/mol. The number of nitrogens with zero attached hydrogens (tertiary/aromatic N) is 1. The van der Waals surface area contributed by atoms with E-state index < -0.39 is 5.97 Å². The number of amides is 1. The molecular weight excluding hydrogens is 298 g/mol. The van der Waals surface area contributed by atoms with Crippen LogP contribution in [0.3, 0.4) is 0 Å². The lowest BCUT2D eigenvalue weighted by Crippen LogP contribution is -2.32. The molecule has 0 unspecified atom stereocenters. The summed E-state index contributed by atoms with van der Waals surface area (Å²) in [4.78, 5) is 24.3. The molecule has 0 saturated heterocycles. The number of carboxylic acids is 1. The minimum atomic E-state index is -0.908. The maximum atomic E-state index is 12.1. The van der Waals surface area contributed by atoms with E-state index in [0.717, 1.165) is 12.0 Å². The first kappa shape index (κ1) is 18.7. The van der Waals surface area contributed by atoms with Crippen molar-refractivity contribution in [2.24, 2.45) is 0 Å². The van der Waals surface area contributed by atoms with E-state index in [1.807, 2.05) is 19.1 Å². The zero-order valence-electron chi connectivity index (χ0n) is 13.5. The zero-order valence-corrected chi connectivity index (χ0v) is 13.5. The monoisotopic (exact) mass is 321 g/mol. The number of hydrogen-bond donors (Lipinski definition) is 1. The number of ether oxygens (including phenoxy) is 2. The van der Waals surface area contributed by atoms with Crippen LogP contribution in [-0.2, 0) is 14.3 Å². The van der Waals surface area contributed by atoms with E-state index in [9.17, 15) is 9.59 Å². The van der Waals surface area contributed by atoms with Crippen molar-refractivity contribution in [3.8, 4) is 5.75 Å². The van der Waals surface area contributed by atoms with E-state index in [-0.39, 0.29) is 25.7 Å². The summed E-state index contributed by atoms with van der Waals surface area (Å²) in [7, 11) is 1.55. The van der Waals surface area contributed by atoms with Gasteiger partial charge in [0, 0.05) is 26.3 Å². The number of benzene rings is 1. The van der Waals surface area contributed by atoms with E-state index in [4.69, 9.17) is 14.6 Å². The van der Waals surface area contributed by atoms with Crippen LogP contribution in [0.25, 0.3) is 6.08 Å². The van der Waals surface area contributed by atoms with Gasteiger partial charge in [-0.3, -0.25) is 9.59 Å². The van der Waals surface area contributed by atoms with Crippen molar-refractivity contribution in [3.63, 3.8) is 0 Å². The standard InChI is InChI=1S/C17H23NO5/c1-3-11-18(12-10-17(20)21)16(19)9-6-14-4-7-15(8-5-14)23-13-22-2/h4-9H,3,10-13H2,1-2H3,(H,20,21)/b9-6+. The Morgan fingerprint density at radius 3 is 2.48 bits per heavy atom. The van der Waals surface area contributed by atoms with E-state index in [1.54, 1.807) is 30.2 Å². The fourth-order valence-electron chi connectivity index (χ4n) is 1.91. The lowest BCUT2D eigenvalue weighted by atomic mass is 10.2. The summed E-state index contributed by atoms with van der Waals surface area (Å²) in [6.45, 7) is 2.89. The van der Waals surface area contributed by atoms with Gasteiger partial charge in [-0.05, 0) is 30.2 Å². The van der Waals surface area contributed by atoms with Crippen LogP contribution in [0.1, 0.15) is 25.3 Å². The molecule has 6 nitrogen and oxygen atoms in total. The second-order valence-corrected chi connectivity index (χ2v) is 4.92. The van der Waals surface area contributed by atoms with Crippen molar-refractivity contribution >= 4 is 18.0 Å². The molecule has 126 valence electrons. The minimum Gasteiger partial charge on any atom is -0.481 e. The van der Waals surface area contributed by atoms with Gasteiger partial charge in [0.15, 0.2) is 6.79 Å². The highest BCUT2D eigenvalue weighted by Gasteiger charge is 2.11. The third-order valence-corrected chi connectivity index (χ3v) is 3.04. The van der Waals surface area contributed by atoms with Gasteiger partial charge in [0.05, 0.1) is 6.42 Å². The molecule has 0 radical (unpaired) electrons. The topological polar surface area (TPSA) is 76.1 Å². The number of carbonyl (C=O) groups excluding carboxylic acids is 1. The zero-order chi connectivity index (χ0) is 17.1. The van der Waals surface area contributed by atoms with Crippen molar-refractivity contribution in [2.45, 2.75) is 19.8 Å². The summed E-state index contributed by atoms with van der Waals surface area (Å²) in [5.41, 5.74) is 0.859. The molecule has 1 aromatic carbocycles. The molecule has 1 aromatic rings. The summed E-state index contributed by atoms with van der Waals surface area (Å²) in [5, 5.41) is 8.73. The molecule has 0 heterocycles. The molecule has 0 atom stereocenters. The van der Waals surface area contributed by atoms with Gasteiger partial charge in [-0.15, -0.1) is 0 Å². The van der Waals surface area contributed by atoms with Crippen LogP contribution in [-0.4, -0.2) is 48.9 Å². The van der Waals surface area contributed by atoms with Crippen LogP contribution in [0.2, 0.25) is 0 Å². The molecule has 1 N–H and O–H groups in total. The molecule has 0 aliphatic carbocycles. The van der Waals surface area contributed by atoms with Crippen molar-refractivity contribution in [2.75, 3.05) is 27.0 Å². The number of carbonyl (C=O) groups is 2. The third kappa shape index (κ3) is 7.46. The predicted octanol–water partition coefficient (Wildman–Crippen LogP) is 2.40. The first-order valence-corrected chi connectivity index (χ1v) is 7.47. The van der Waals surface area contributed by atoms with Crippen LogP contribution >= 0.6 is 0 Å². The van der Waals surface area contributed by atoms with Gasteiger partial charge < -0.3 is 19.5 Å². The molecule has 1 amide bonds. The largest absolute Gasteiger partial charge is 0.481 e. The van der Waals surface area contributed by atoms with Gasteiger partial charge in [0.2, 0.25) is 5.91 Å². The highest BCUT2D eigenvalue weighted by molar-refractivity contribution is 5.92. The highest BCUT2D eigenvalue weighted by atomic mass is 16.7. The Balaban J connectivity index is 2.61. The number of rotatable bonds is 10. The summed E-state index contributed by atoms with van der Waals surface area (Å²) >= 11 is 0. The SMILES string of the molecule is CCCN(CCC(=O)O)C(=O)/C=C/c1ccc(OCOC)cc1. The van der Waals surface area contributed by atoms with Crippen molar-refractivity contribution < 1.29 is 24.2 Å². The molecule has 0 spiro atoms. The van der Waals surface area contributed by atoms with Gasteiger partial charge in [0.25, 0.3) is 0 Å². The smallest absolute Gasteiger partial charge is 0.305 e. The van der Waals surface area contributed by atoms with Crippen LogP contribution in [0.5, 0.6) is 5.75 Å². The number of methoxy groups -OCH3 is 1. The molecule has 1 rings (SSSR count). The van der Waals surface area contributed by atoms with Crippen molar-refractivity contribution in [3.05, 3.63) is 35.9 Å². The second-order valence-electron chi connectivity index (χ2n) is 4.92. The maximum absolute atomic E-state index is 12.1. The Morgan fingerprint density at radius 2 is 1.91 bits per heavy atom. The van der Waals surface area contributed by atoms with Crippen LogP contribution in [0.15, 0.2) is 30.3 Å². The number of aliphatic carboxylic acids is 1. The minimum absolute atomic E-state index is 0.0505. The first-order chi connectivity index (χ1) is 11.1. The number of carboxylic acid groups (broad SMARTS) is 1. The Morgan fingerprint density at radius 1 is 1.22 bits per heavy atom. The second kappa shape index (κ2) is 10.4. The summed E-state index contributed by atoms with van der Waals surface area (Å²) in [5.74, 6) is -0.410. The van der Waals surface area contributed by atoms with Gasteiger partial charge in [-0.25, -0.2) is 0 Å². The van der Waals surface area contributed by atoms with Gasteiger partial charge in [-0.1, -0.05) is 19.1 Å². The van der Waals surface area contributed by atoms with Crippen LogP contribution in [0, 0.1) is 0 Å². The maximum Gasteiger partial charge on any atom is 0.305 e. The summed E-state index contributed by atoms with van der Waals surface area (Å²) < 4.78 is 10.1. The Hall–Kier alpha value is -2.34. The third-order valence-electron chi connectivity index (χ3n) is 3.04. The van der Waals surface area contributed by atoms with Gasteiger partial charge in [-0.2, -0.15) is 0 Å². The molecular formula is C17H23NO5. The normalized spacial score (nSPS) is 10.7. The average Bonchev–Trinajstić information content (AvgIpc) is 2.55. The van der Waals surface area contributed by atoms with Crippen LogP contribution in [0.4, 0.5) is 0 Å². The Kier molecular flexibility index (Phi) is 8.46. The van der Waals surface area contributed by atoms with Gasteiger partial charge in [0.1, 0.15) is 5.75 Å². The van der Waals surface area contributed by atoms with E-state index in [1.165, 1.54) is 6.08 Å². The number of hydrogen-bond acceptors (Lipinski definition) is 4. The lowest BCUT2D eigenvalue weighted by Gasteiger charge is -2.19. The summed E-state index contributed by atoms with van der Waals surface area (Å²) in [6.07, 6.45) is 3.89. The Bertz CT molecular complexity index is 524. The fourth-order valence-corrected chi connectivity index (χ4v) is 1.91. The quantitative estimate of drug-likeness (QED) is 0.529. The Labute approximate surface area is 136 Å². The summed E-state index contributed by atoms with van der Waals surface area (Å²) in [6, 6.07) is 7.24. The molecule has 6 heteroatoms. The lowest BCUT2D eigenvalue weighted by molar-refractivity contribution is -0.138. The van der Waals surface area contributed by atoms with E-state index >= 15 is 0 Å². The molecule has 23 heavy (non-hydrogen) atoms. The first-order valence-electron chi connectivity index (χ1n) is 7.47. The predicted molar refractivity (Wildman–Crippen MR) is 87.1 cm³/mol. The van der Waals surface area contributed by atoms with Gasteiger partial charge >= 0.3 is 5.97 Å². The van der Waals surface area contributed by atoms with Crippen LogP contribution < -0.4 is 4.74 Å². The molecule has 0 bridgehead atoms. The van der Waals surface area contributed by atoms with Crippen molar-refractivity contribution in [1.29, 1.82) is 0 Å². The molecule has 0 fully saturated rings. The molecule has 0 aliphatic heterocycles. The molecule has 0 aromatic heterocycles. The van der Waals surface area contributed by atoms with E-state index in [2.05, 4.69) is 0 Å².